The van der Waals surface area contributed by atoms with Crippen LogP contribution in [0.1, 0.15) is 31.7 Å². The Bertz CT molecular complexity index is 421. The van der Waals surface area contributed by atoms with E-state index < -0.39 is 0 Å². The minimum atomic E-state index is 0.613. The summed E-state index contributed by atoms with van der Waals surface area (Å²) in [6.45, 7) is 3.35. The summed E-state index contributed by atoms with van der Waals surface area (Å²) in [5.41, 5.74) is 1.32. The van der Waals surface area contributed by atoms with E-state index in [1.54, 1.807) is 7.11 Å². The molecule has 0 amide bonds. The summed E-state index contributed by atoms with van der Waals surface area (Å²) in [5, 5.41) is 3.50. The molecule has 0 saturated heterocycles. The molecule has 0 heterocycles. The second kappa shape index (κ2) is 7.09. The average molecular weight is 276 g/mol. The molecule has 0 bridgehead atoms. The van der Waals surface area contributed by atoms with Crippen molar-refractivity contribution in [1.29, 1.82) is 0 Å². The highest BCUT2D eigenvalue weighted by Crippen LogP contribution is 2.28. The summed E-state index contributed by atoms with van der Waals surface area (Å²) in [6.07, 6.45) is 3.91. The lowest BCUT2D eigenvalue weighted by atomic mass is 9.82. The molecule has 1 aromatic rings. The van der Waals surface area contributed by atoms with Gasteiger partial charge >= 0.3 is 0 Å². The van der Waals surface area contributed by atoms with E-state index in [-0.39, 0.29) is 0 Å². The zero-order chi connectivity index (χ0) is 14.5. The Labute approximate surface area is 123 Å². The monoisotopic (exact) mass is 276 g/mol. The second-order valence-electron chi connectivity index (χ2n) is 6.15. The Kier molecular flexibility index (Phi) is 5.44. The van der Waals surface area contributed by atoms with Crippen LogP contribution < -0.4 is 10.1 Å². The number of rotatable bonds is 5. The number of nitrogens with one attached hydrogen (secondary N) is 1. The van der Waals surface area contributed by atoms with Crippen LogP contribution in [-0.2, 0) is 6.54 Å². The van der Waals surface area contributed by atoms with Crippen LogP contribution in [0.3, 0.4) is 0 Å². The highest BCUT2D eigenvalue weighted by Gasteiger charge is 2.30. The Morgan fingerprint density at radius 1 is 1.35 bits per heavy atom. The fourth-order valence-corrected chi connectivity index (χ4v) is 3.35. The summed E-state index contributed by atoms with van der Waals surface area (Å²) in [7, 11) is 6.06. The molecule has 1 N–H and O–H groups in total. The molecule has 3 unspecified atom stereocenters. The van der Waals surface area contributed by atoms with Crippen LogP contribution in [0.25, 0.3) is 0 Å². The minimum Gasteiger partial charge on any atom is -0.497 e. The van der Waals surface area contributed by atoms with E-state index in [9.17, 15) is 0 Å². The van der Waals surface area contributed by atoms with Gasteiger partial charge in [-0.3, -0.25) is 4.90 Å². The third-order valence-corrected chi connectivity index (χ3v) is 4.58. The number of hydrogen-bond donors (Lipinski definition) is 1. The van der Waals surface area contributed by atoms with Gasteiger partial charge in [-0.15, -0.1) is 0 Å². The van der Waals surface area contributed by atoms with Gasteiger partial charge in [0.1, 0.15) is 5.75 Å². The van der Waals surface area contributed by atoms with Gasteiger partial charge in [-0.2, -0.15) is 0 Å². The van der Waals surface area contributed by atoms with Gasteiger partial charge < -0.3 is 10.1 Å². The fourth-order valence-electron chi connectivity index (χ4n) is 3.35. The van der Waals surface area contributed by atoms with Crippen molar-refractivity contribution in [3.8, 4) is 5.75 Å². The van der Waals surface area contributed by atoms with Gasteiger partial charge in [-0.25, -0.2) is 0 Å². The lowest BCUT2D eigenvalue weighted by molar-refractivity contribution is 0.123. The standard InChI is InChI=1S/C17H28N2O/c1-13-8-9-16(18-2)17(10-13)19(3)12-14-6-5-7-15(11-14)20-4/h5-7,11,13,16-18H,8-10,12H2,1-4H3. The Hall–Kier alpha value is -1.06. The van der Waals surface area contributed by atoms with Crippen molar-refractivity contribution < 1.29 is 4.74 Å². The molecule has 3 nitrogen and oxygen atoms in total. The molecule has 112 valence electrons. The van der Waals surface area contributed by atoms with Crippen LogP contribution in [0.15, 0.2) is 24.3 Å². The fraction of sp³-hybridized carbons (Fsp3) is 0.647. The van der Waals surface area contributed by atoms with Crippen LogP contribution in [0.4, 0.5) is 0 Å². The van der Waals surface area contributed by atoms with Gasteiger partial charge in [0.05, 0.1) is 7.11 Å². The normalized spacial score (nSPS) is 26.8. The smallest absolute Gasteiger partial charge is 0.119 e. The SMILES string of the molecule is CNC1CCC(C)CC1N(C)Cc1cccc(OC)c1. The van der Waals surface area contributed by atoms with E-state index in [2.05, 4.69) is 49.4 Å². The molecular formula is C17H28N2O. The van der Waals surface area contributed by atoms with Crippen molar-refractivity contribution in [2.75, 3.05) is 21.2 Å². The number of methoxy groups -OCH3 is 1. The summed E-state index contributed by atoms with van der Waals surface area (Å²) in [4.78, 5) is 2.49. The Balaban J connectivity index is 2.03. The van der Waals surface area contributed by atoms with Crippen LogP contribution in [-0.4, -0.2) is 38.2 Å². The summed E-state index contributed by atoms with van der Waals surface area (Å²) < 4.78 is 5.31. The second-order valence-corrected chi connectivity index (χ2v) is 6.15. The maximum atomic E-state index is 5.31. The van der Waals surface area contributed by atoms with E-state index in [1.807, 2.05) is 6.07 Å². The number of benzene rings is 1. The molecule has 1 aliphatic carbocycles. The van der Waals surface area contributed by atoms with Crippen LogP contribution in [0, 0.1) is 5.92 Å². The van der Waals surface area contributed by atoms with Gasteiger partial charge in [-0.05, 0) is 57.0 Å². The molecule has 2 rings (SSSR count). The zero-order valence-electron chi connectivity index (χ0n) is 13.2. The van der Waals surface area contributed by atoms with Gasteiger partial charge in [-0.1, -0.05) is 19.1 Å². The topological polar surface area (TPSA) is 24.5 Å². The van der Waals surface area contributed by atoms with E-state index in [0.29, 0.717) is 12.1 Å². The van der Waals surface area contributed by atoms with Crippen LogP contribution in [0.2, 0.25) is 0 Å². The van der Waals surface area contributed by atoms with Gasteiger partial charge in [0.15, 0.2) is 0 Å². The largest absolute Gasteiger partial charge is 0.497 e. The van der Waals surface area contributed by atoms with Crippen molar-refractivity contribution in [3.05, 3.63) is 29.8 Å². The molecule has 3 heteroatoms. The minimum absolute atomic E-state index is 0.613. The number of nitrogens with zero attached hydrogens (tertiary/aromatic N) is 1. The molecular weight excluding hydrogens is 248 g/mol. The first kappa shape index (κ1) is 15.3. The molecule has 0 radical (unpaired) electrons. The van der Waals surface area contributed by atoms with E-state index >= 15 is 0 Å². The van der Waals surface area contributed by atoms with Crippen LogP contribution >= 0.6 is 0 Å². The van der Waals surface area contributed by atoms with Crippen molar-refractivity contribution >= 4 is 0 Å². The van der Waals surface area contributed by atoms with Crippen molar-refractivity contribution in [2.24, 2.45) is 5.92 Å². The molecule has 1 fully saturated rings. The third kappa shape index (κ3) is 3.74. The number of likely N-dealkylation sites (N-methyl/N-ethyl adjacent to an activating group) is 2. The highest BCUT2D eigenvalue weighted by atomic mass is 16.5. The lowest BCUT2D eigenvalue weighted by Gasteiger charge is -2.40. The van der Waals surface area contributed by atoms with Crippen molar-refractivity contribution in [3.63, 3.8) is 0 Å². The van der Waals surface area contributed by atoms with Crippen molar-refractivity contribution in [1.82, 2.24) is 10.2 Å². The number of hydrogen-bond acceptors (Lipinski definition) is 3. The molecule has 0 spiro atoms. The summed E-state index contributed by atoms with van der Waals surface area (Å²) in [5.74, 6) is 1.77. The maximum Gasteiger partial charge on any atom is 0.119 e. The van der Waals surface area contributed by atoms with E-state index in [0.717, 1.165) is 18.2 Å². The summed E-state index contributed by atoms with van der Waals surface area (Å²) >= 11 is 0. The number of ether oxygens (including phenoxy) is 1. The van der Waals surface area contributed by atoms with Gasteiger partial charge in [0.25, 0.3) is 0 Å². The van der Waals surface area contributed by atoms with Gasteiger partial charge in [0.2, 0.25) is 0 Å². The average Bonchev–Trinajstić information content (AvgIpc) is 2.47. The quantitative estimate of drug-likeness (QED) is 0.895. The predicted octanol–water partition coefficient (Wildman–Crippen LogP) is 2.90. The zero-order valence-corrected chi connectivity index (χ0v) is 13.2. The first-order valence-corrected chi connectivity index (χ1v) is 7.64. The van der Waals surface area contributed by atoms with E-state index in [1.165, 1.54) is 24.8 Å². The molecule has 20 heavy (non-hydrogen) atoms. The Morgan fingerprint density at radius 3 is 2.85 bits per heavy atom. The molecule has 1 saturated carbocycles. The maximum absolute atomic E-state index is 5.31. The highest BCUT2D eigenvalue weighted by molar-refractivity contribution is 5.28. The molecule has 3 atom stereocenters. The van der Waals surface area contributed by atoms with Crippen molar-refractivity contribution in [2.45, 2.75) is 44.8 Å². The Morgan fingerprint density at radius 2 is 2.15 bits per heavy atom. The van der Waals surface area contributed by atoms with Gasteiger partial charge in [0, 0.05) is 18.6 Å². The molecule has 0 aromatic heterocycles. The first-order valence-electron chi connectivity index (χ1n) is 7.64. The lowest BCUT2D eigenvalue weighted by Crippen LogP contribution is -2.50. The molecule has 1 aromatic carbocycles. The van der Waals surface area contributed by atoms with E-state index in [4.69, 9.17) is 4.74 Å². The first-order chi connectivity index (χ1) is 9.63. The predicted molar refractivity (Wildman–Crippen MR) is 84.1 cm³/mol. The van der Waals surface area contributed by atoms with Crippen LogP contribution in [0.5, 0.6) is 5.75 Å². The summed E-state index contributed by atoms with van der Waals surface area (Å²) in [6, 6.07) is 9.62. The third-order valence-electron chi connectivity index (χ3n) is 4.58. The molecule has 1 aliphatic rings. The molecule has 0 aliphatic heterocycles.